The SMILES string of the molecule is CC1(Cn2c(-c3ccccn3)n[nH]c2=S)CCC1. The molecule has 1 aliphatic carbocycles. The van der Waals surface area contributed by atoms with Crippen molar-refractivity contribution in [1.82, 2.24) is 19.7 Å². The monoisotopic (exact) mass is 260 g/mol. The summed E-state index contributed by atoms with van der Waals surface area (Å²) in [6.07, 6.45) is 5.63. The second-order valence-corrected chi connectivity index (χ2v) is 5.70. The van der Waals surface area contributed by atoms with Crippen LogP contribution in [-0.2, 0) is 6.54 Å². The summed E-state index contributed by atoms with van der Waals surface area (Å²) in [6.45, 7) is 3.24. The lowest BCUT2D eigenvalue weighted by atomic mass is 9.70. The Morgan fingerprint density at radius 1 is 1.44 bits per heavy atom. The van der Waals surface area contributed by atoms with Crippen LogP contribution in [0.25, 0.3) is 11.5 Å². The Labute approximate surface area is 111 Å². The molecule has 0 aromatic carbocycles. The van der Waals surface area contributed by atoms with Crippen molar-refractivity contribution in [3.63, 3.8) is 0 Å². The summed E-state index contributed by atoms with van der Waals surface area (Å²) < 4.78 is 2.76. The van der Waals surface area contributed by atoms with Crippen LogP contribution in [0.3, 0.4) is 0 Å². The number of aromatic nitrogens is 4. The summed E-state index contributed by atoms with van der Waals surface area (Å²) in [5.41, 5.74) is 1.24. The molecule has 0 aliphatic heterocycles. The fraction of sp³-hybridized carbons (Fsp3) is 0.462. The second kappa shape index (κ2) is 4.31. The van der Waals surface area contributed by atoms with E-state index in [1.54, 1.807) is 6.20 Å². The summed E-state index contributed by atoms with van der Waals surface area (Å²) in [6, 6.07) is 5.84. The molecule has 0 unspecified atom stereocenters. The minimum absolute atomic E-state index is 0.367. The molecule has 0 atom stereocenters. The van der Waals surface area contributed by atoms with Crippen LogP contribution >= 0.6 is 12.2 Å². The average Bonchev–Trinajstić information content (AvgIpc) is 2.70. The molecular formula is C13H16N4S. The smallest absolute Gasteiger partial charge is 0.195 e. The largest absolute Gasteiger partial charge is 0.298 e. The zero-order chi connectivity index (χ0) is 12.6. The molecule has 2 heterocycles. The molecule has 94 valence electrons. The maximum Gasteiger partial charge on any atom is 0.195 e. The van der Waals surface area contributed by atoms with Crippen LogP contribution in [0.4, 0.5) is 0 Å². The van der Waals surface area contributed by atoms with Crippen molar-refractivity contribution in [2.24, 2.45) is 5.41 Å². The molecule has 0 amide bonds. The van der Waals surface area contributed by atoms with E-state index in [1.807, 2.05) is 18.2 Å². The van der Waals surface area contributed by atoms with E-state index in [0.717, 1.165) is 18.1 Å². The lowest BCUT2D eigenvalue weighted by molar-refractivity contribution is 0.132. The molecule has 5 heteroatoms. The van der Waals surface area contributed by atoms with Gasteiger partial charge in [-0.15, -0.1) is 0 Å². The Kier molecular flexibility index (Phi) is 2.78. The first kappa shape index (κ1) is 11.6. The molecule has 0 saturated heterocycles. The maximum absolute atomic E-state index is 5.33. The van der Waals surface area contributed by atoms with Gasteiger partial charge in [0.05, 0.1) is 0 Å². The highest BCUT2D eigenvalue weighted by atomic mass is 32.1. The first-order valence-corrected chi connectivity index (χ1v) is 6.65. The highest BCUT2D eigenvalue weighted by Gasteiger charge is 2.33. The second-order valence-electron chi connectivity index (χ2n) is 5.32. The molecule has 0 bridgehead atoms. The van der Waals surface area contributed by atoms with E-state index in [-0.39, 0.29) is 0 Å². The molecule has 2 aromatic rings. The lowest BCUT2D eigenvalue weighted by Crippen LogP contribution is -2.31. The molecule has 4 nitrogen and oxygen atoms in total. The van der Waals surface area contributed by atoms with Gasteiger partial charge in [-0.2, -0.15) is 5.10 Å². The van der Waals surface area contributed by atoms with Crippen molar-refractivity contribution in [1.29, 1.82) is 0 Å². The van der Waals surface area contributed by atoms with Gasteiger partial charge in [0.15, 0.2) is 10.6 Å². The van der Waals surface area contributed by atoms with Crippen LogP contribution in [-0.4, -0.2) is 19.7 Å². The number of nitrogens with zero attached hydrogens (tertiary/aromatic N) is 3. The molecule has 18 heavy (non-hydrogen) atoms. The lowest BCUT2D eigenvalue weighted by Gasteiger charge is -2.38. The number of nitrogens with one attached hydrogen (secondary N) is 1. The van der Waals surface area contributed by atoms with Gasteiger partial charge < -0.3 is 0 Å². The van der Waals surface area contributed by atoms with Gasteiger partial charge in [0.1, 0.15) is 5.69 Å². The predicted molar refractivity (Wildman–Crippen MR) is 72.6 cm³/mol. The zero-order valence-corrected chi connectivity index (χ0v) is 11.2. The van der Waals surface area contributed by atoms with E-state index < -0.39 is 0 Å². The summed E-state index contributed by atoms with van der Waals surface area (Å²) in [4.78, 5) is 4.35. The number of pyridine rings is 1. The minimum Gasteiger partial charge on any atom is -0.298 e. The number of aromatic amines is 1. The molecule has 1 N–H and O–H groups in total. The Bertz CT molecular complexity index is 595. The Morgan fingerprint density at radius 2 is 2.28 bits per heavy atom. The number of rotatable bonds is 3. The molecule has 1 aliphatic rings. The van der Waals surface area contributed by atoms with Gasteiger partial charge in [0.25, 0.3) is 0 Å². The van der Waals surface area contributed by atoms with E-state index in [0.29, 0.717) is 10.2 Å². The van der Waals surface area contributed by atoms with E-state index in [4.69, 9.17) is 12.2 Å². The Morgan fingerprint density at radius 3 is 2.89 bits per heavy atom. The predicted octanol–water partition coefficient (Wildman–Crippen LogP) is 3.19. The third-order valence-electron chi connectivity index (χ3n) is 3.75. The van der Waals surface area contributed by atoms with Crippen LogP contribution in [0.1, 0.15) is 26.2 Å². The molecule has 0 radical (unpaired) electrons. The van der Waals surface area contributed by atoms with E-state index >= 15 is 0 Å². The number of hydrogen-bond donors (Lipinski definition) is 1. The number of hydrogen-bond acceptors (Lipinski definition) is 3. The molecule has 2 aromatic heterocycles. The summed E-state index contributed by atoms with van der Waals surface area (Å²) in [5.74, 6) is 0.841. The van der Waals surface area contributed by atoms with Crippen LogP contribution in [0.15, 0.2) is 24.4 Å². The van der Waals surface area contributed by atoms with Crippen LogP contribution in [0.5, 0.6) is 0 Å². The van der Waals surface area contributed by atoms with Crippen molar-refractivity contribution in [2.75, 3.05) is 0 Å². The Hall–Kier alpha value is -1.49. The van der Waals surface area contributed by atoms with E-state index in [1.165, 1.54) is 19.3 Å². The third kappa shape index (κ3) is 1.99. The van der Waals surface area contributed by atoms with Gasteiger partial charge in [-0.1, -0.05) is 19.4 Å². The van der Waals surface area contributed by atoms with Crippen molar-refractivity contribution in [2.45, 2.75) is 32.7 Å². The summed E-state index contributed by atoms with van der Waals surface area (Å²) >= 11 is 5.33. The molecular weight excluding hydrogens is 244 g/mol. The van der Waals surface area contributed by atoms with Crippen molar-refractivity contribution >= 4 is 12.2 Å². The van der Waals surface area contributed by atoms with Crippen molar-refractivity contribution in [3.8, 4) is 11.5 Å². The molecule has 3 rings (SSSR count). The average molecular weight is 260 g/mol. The zero-order valence-electron chi connectivity index (χ0n) is 10.4. The number of H-pyrrole nitrogens is 1. The van der Waals surface area contributed by atoms with Gasteiger partial charge in [0, 0.05) is 12.7 Å². The van der Waals surface area contributed by atoms with Crippen LogP contribution in [0.2, 0.25) is 0 Å². The van der Waals surface area contributed by atoms with E-state index in [2.05, 4.69) is 26.7 Å². The van der Waals surface area contributed by atoms with Gasteiger partial charge in [-0.25, -0.2) is 0 Å². The molecule has 0 spiro atoms. The Balaban J connectivity index is 1.99. The highest BCUT2D eigenvalue weighted by molar-refractivity contribution is 7.71. The van der Waals surface area contributed by atoms with Gasteiger partial charge in [-0.3, -0.25) is 14.6 Å². The minimum atomic E-state index is 0.367. The summed E-state index contributed by atoms with van der Waals surface area (Å²) in [5, 5.41) is 7.19. The van der Waals surface area contributed by atoms with Gasteiger partial charge in [-0.05, 0) is 42.6 Å². The van der Waals surface area contributed by atoms with Gasteiger partial charge >= 0.3 is 0 Å². The summed E-state index contributed by atoms with van der Waals surface area (Å²) in [7, 11) is 0. The fourth-order valence-corrected chi connectivity index (χ4v) is 2.67. The third-order valence-corrected chi connectivity index (χ3v) is 4.06. The normalized spacial score (nSPS) is 17.4. The van der Waals surface area contributed by atoms with Crippen LogP contribution in [0, 0.1) is 10.2 Å². The first-order valence-electron chi connectivity index (χ1n) is 6.25. The first-order chi connectivity index (χ1) is 8.68. The van der Waals surface area contributed by atoms with Gasteiger partial charge in [0.2, 0.25) is 0 Å². The topological polar surface area (TPSA) is 46.5 Å². The maximum atomic E-state index is 5.33. The highest BCUT2D eigenvalue weighted by Crippen LogP contribution is 2.42. The fourth-order valence-electron chi connectivity index (χ4n) is 2.48. The molecule has 1 fully saturated rings. The quantitative estimate of drug-likeness (QED) is 0.862. The van der Waals surface area contributed by atoms with Crippen molar-refractivity contribution in [3.05, 3.63) is 29.2 Å². The van der Waals surface area contributed by atoms with E-state index in [9.17, 15) is 0 Å². The molecule has 1 saturated carbocycles. The standard InChI is InChI=1S/C13H16N4S/c1-13(6-4-7-13)9-17-11(15-16-12(17)18)10-5-2-3-8-14-10/h2-3,5,8H,4,6-7,9H2,1H3,(H,16,18). The van der Waals surface area contributed by atoms with Crippen LogP contribution < -0.4 is 0 Å². The van der Waals surface area contributed by atoms with Crippen molar-refractivity contribution < 1.29 is 0 Å².